The van der Waals surface area contributed by atoms with Crippen molar-refractivity contribution < 1.29 is 0 Å². The van der Waals surface area contributed by atoms with Crippen molar-refractivity contribution in [1.29, 1.82) is 0 Å². The first kappa shape index (κ1) is 10.0. The Morgan fingerprint density at radius 1 is 1.75 bits per heavy atom. The van der Waals surface area contributed by atoms with Crippen molar-refractivity contribution in [2.75, 3.05) is 6.54 Å². The van der Waals surface area contributed by atoms with Gasteiger partial charge in [0.25, 0.3) is 0 Å². The minimum absolute atomic E-state index is 0.652. The van der Waals surface area contributed by atoms with Crippen LogP contribution in [0.1, 0.15) is 18.4 Å². The molecule has 0 spiro atoms. The lowest BCUT2D eigenvalue weighted by atomic mass is 10.3. The molecule has 0 bridgehead atoms. The number of rotatable bonds is 5. The predicted octanol–water partition coefficient (Wildman–Crippen LogP) is 2.11. The molecule has 0 saturated heterocycles. The van der Waals surface area contributed by atoms with Crippen LogP contribution in [0.15, 0.2) is 11.6 Å². The first-order valence-electron chi connectivity index (χ1n) is 4.03. The molecular formula is C8H14N2S2. The molecule has 1 rings (SSSR count). The smallest absolute Gasteiger partial charge is 0.102 e. The Kier molecular flexibility index (Phi) is 4.65. The van der Waals surface area contributed by atoms with E-state index in [-0.39, 0.29) is 0 Å². The Bertz CT molecular complexity index is 199. The number of thiazole rings is 1. The van der Waals surface area contributed by atoms with Gasteiger partial charge < -0.3 is 5.73 Å². The molecule has 0 aliphatic rings. The van der Waals surface area contributed by atoms with Crippen molar-refractivity contribution in [1.82, 2.24) is 4.98 Å². The number of nitrogens with zero attached hydrogens (tertiary/aromatic N) is 1. The maximum atomic E-state index is 5.45. The Morgan fingerprint density at radius 3 is 3.17 bits per heavy atom. The van der Waals surface area contributed by atoms with Gasteiger partial charge in [-0.1, -0.05) is 6.92 Å². The number of nitrogens with two attached hydrogens (primary N) is 1. The fourth-order valence-corrected chi connectivity index (χ4v) is 2.54. The number of aromatic nitrogens is 1. The van der Waals surface area contributed by atoms with Gasteiger partial charge in [-0.25, -0.2) is 4.98 Å². The van der Waals surface area contributed by atoms with Crippen molar-refractivity contribution in [2.24, 2.45) is 5.73 Å². The van der Waals surface area contributed by atoms with Crippen LogP contribution in [0, 0.1) is 0 Å². The maximum absolute atomic E-state index is 5.45. The van der Waals surface area contributed by atoms with E-state index < -0.39 is 0 Å². The molecule has 1 aromatic heterocycles. The van der Waals surface area contributed by atoms with Crippen LogP contribution in [0.3, 0.4) is 0 Å². The minimum Gasteiger partial charge on any atom is -0.330 e. The van der Waals surface area contributed by atoms with Gasteiger partial charge >= 0.3 is 0 Å². The van der Waals surface area contributed by atoms with E-state index in [1.165, 1.54) is 5.01 Å². The summed E-state index contributed by atoms with van der Waals surface area (Å²) in [7, 11) is 0. The van der Waals surface area contributed by atoms with E-state index in [1.807, 2.05) is 23.3 Å². The van der Waals surface area contributed by atoms with Crippen LogP contribution in [-0.4, -0.2) is 16.8 Å². The van der Waals surface area contributed by atoms with Gasteiger partial charge in [0.2, 0.25) is 0 Å². The molecule has 0 fully saturated rings. The molecule has 2 N–H and O–H groups in total. The SMILES string of the molecule is CC(CCN)SCc1nccs1. The summed E-state index contributed by atoms with van der Waals surface area (Å²) in [5.41, 5.74) is 5.45. The second kappa shape index (κ2) is 5.56. The van der Waals surface area contributed by atoms with Gasteiger partial charge in [0.05, 0.1) is 0 Å². The summed E-state index contributed by atoms with van der Waals surface area (Å²) >= 11 is 3.65. The lowest BCUT2D eigenvalue weighted by Gasteiger charge is -2.07. The molecule has 1 aromatic rings. The minimum atomic E-state index is 0.652. The van der Waals surface area contributed by atoms with Gasteiger partial charge in [-0.3, -0.25) is 0 Å². The normalized spacial score (nSPS) is 13.2. The summed E-state index contributed by atoms with van der Waals surface area (Å²) in [6, 6.07) is 0. The third-order valence-corrected chi connectivity index (χ3v) is 3.76. The fraction of sp³-hybridized carbons (Fsp3) is 0.625. The predicted molar refractivity (Wildman–Crippen MR) is 56.5 cm³/mol. The highest BCUT2D eigenvalue weighted by atomic mass is 32.2. The molecular weight excluding hydrogens is 188 g/mol. The summed E-state index contributed by atoms with van der Waals surface area (Å²) in [6.07, 6.45) is 2.95. The van der Waals surface area contributed by atoms with E-state index >= 15 is 0 Å². The Morgan fingerprint density at radius 2 is 2.58 bits per heavy atom. The number of hydrogen-bond acceptors (Lipinski definition) is 4. The molecule has 1 atom stereocenters. The van der Waals surface area contributed by atoms with Gasteiger partial charge in [-0.05, 0) is 13.0 Å². The van der Waals surface area contributed by atoms with Crippen LogP contribution in [0.25, 0.3) is 0 Å². The maximum Gasteiger partial charge on any atom is 0.102 e. The molecule has 0 amide bonds. The summed E-state index contributed by atoms with van der Waals surface area (Å²) < 4.78 is 0. The van der Waals surface area contributed by atoms with Crippen molar-refractivity contribution in [2.45, 2.75) is 24.3 Å². The third-order valence-electron chi connectivity index (χ3n) is 1.55. The largest absolute Gasteiger partial charge is 0.330 e. The van der Waals surface area contributed by atoms with Gasteiger partial charge in [0.15, 0.2) is 0 Å². The van der Waals surface area contributed by atoms with Gasteiger partial charge in [-0.15, -0.1) is 11.3 Å². The van der Waals surface area contributed by atoms with Gasteiger partial charge in [0.1, 0.15) is 5.01 Å². The topological polar surface area (TPSA) is 38.9 Å². The molecule has 2 nitrogen and oxygen atoms in total. The van der Waals surface area contributed by atoms with Crippen LogP contribution in [0.4, 0.5) is 0 Å². The first-order chi connectivity index (χ1) is 5.83. The van der Waals surface area contributed by atoms with E-state index in [0.717, 1.165) is 18.7 Å². The summed E-state index contributed by atoms with van der Waals surface area (Å²) in [5.74, 6) is 1.03. The van der Waals surface area contributed by atoms with Crippen molar-refractivity contribution >= 4 is 23.1 Å². The average Bonchev–Trinajstić information content (AvgIpc) is 2.53. The van der Waals surface area contributed by atoms with E-state index in [1.54, 1.807) is 11.3 Å². The number of thioether (sulfide) groups is 1. The Balaban J connectivity index is 2.17. The zero-order chi connectivity index (χ0) is 8.81. The van der Waals surface area contributed by atoms with Crippen molar-refractivity contribution in [3.05, 3.63) is 16.6 Å². The zero-order valence-corrected chi connectivity index (χ0v) is 8.83. The quantitative estimate of drug-likeness (QED) is 0.795. The standard InChI is InChI=1S/C8H14N2S2/c1-7(2-3-9)12-6-8-10-4-5-11-8/h4-5,7H,2-3,6,9H2,1H3. The van der Waals surface area contributed by atoms with E-state index in [9.17, 15) is 0 Å². The van der Waals surface area contributed by atoms with Crippen molar-refractivity contribution in [3.63, 3.8) is 0 Å². The average molecular weight is 202 g/mol. The highest BCUT2D eigenvalue weighted by Crippen LogP contribution is 2.20. The fourth-order valence-electron chi connectivity index (χ4n) is 0.856. The lowest BCUT2D eigenvalue weighted by molar-refractivity contribution is 0.822. The second-order valence-electron chi connectivity index (χ2n) is 2.62. The van der Waals surface area contributed by atoms with E-state index in [4.69, 9.17) is 5.73 Å². The Labute approximate surface area is 81.6 Å². The van der Waals surface area contributed by atoms with Gasteiger partial charge in [0, 0.05) is 22.6 Å². The molecule has 12 heavy (non-hydrogen) atoms. The van der Waals surface area contributed by atoms with E-state index in [2.05, 4.69) is 11.9 Å². The Hall–Kier alpha value is -0.0600. The highest BCUT2D eigenvalue weighted by molar-refractivity contribution is 7.99. The van der Waals surface area contributed by atoms with Crippen LogP contribution in [-0.2, 0) is 5.75 Å². The van der Waals surface area contributed by atoms with Crippen LogP contribution in [0.2, 0.25) is 0 Å². The first-order valence-corrected chi connectivity index (χ1v) is 5.96. The van der Waals surface area contributed by atoms with Crippen LogP contribution in [0.5, 0.6) is 0 Å². The molecule has 1 heterocycles. The lowest BCUT2D eigenvalue weighted by Crippen LogP contribution is -2.07. The molecule has 0 aromatic carbocycles. The number of hydrogen-bond donors (Lipinski definition) is 1. The molecule has 1 unspecified atom stereocenters. The summed E-state index contributed by atoms with van der Waals surface area (Å²) in [4.78, 5) is 4.21. The molecule has 0 saturated carbocycles. The zero-order valence-electron chi connectivity index (χ0n) is 7.19. The molecule has 0 aliphatic carbocycles. The second-order valence-corrected chi connectivity index (χ2v) is 5.03. The van der Waals surface area contributed by atoms with Crippen molar-refractivity contribution in [3.8, 4) is 0 Å². The van der Waals surface area contributed by atoms with E-state index in [0.29, 0.717) is 5.25 Å². The molecule has 0 radical (unpaired) electrons. The highest BCUT2D eigenvalue weighted by Gasteiger charge is 2.02. The van der Waals surface area contributed by atoms with Crippen LogP contribution >= 0.6 is 23.1 Å². The molecule has 68 valence electrons. The molecule has 0 aliphatic heterocycles. The monoisotopic (exact) mass is 202 g/mol. The summed E-state index contributed by atoms with van der Waals surface area (Å²) in [5, 5.41) is 3.88. The van der Waals surface area contributed by atoms with Gasteiger partial charge in [-0.2, -0.15) is 11.8 Å². The summed E-state index contributed by atoms with van der Waals surface area (Å²) in [6.45, 7) is 3.00. The van der Waals surface area contributed by atoms with Crippen LogP contribution < -0.4 is 5.73 Å². The molecule has 4 heteroatoms. The third kappa shape index (κ3) is 3.56.